The first-order chi connectivity index (χ1) is 6.33. The molecule has 0 saturated heterocycles. The first-order valence-corrected chi connectivity index (χ1v) is 6.53. The molecule has 0 aliphatic heterocycles. The topological polar surface area (TPSA) is 76.0 Å². The van der Waals surface area contributed by atoms with E-state index in [0.29, 0.717) is 12.2 Å². The van der Waals surface area contributed by atoms with Gasteiger partial charge in [-0.3, -0.25) is 9.05 Å². The molecule has 0 heterocycles. The van der Waals surface area contributed by atoms with Crippen LogP contribution in [0.1, 0.15) is 13.3 Å². The van der Waals surface area contributed by atoms with Crippen molar-refractivity contribution < 1.29 is 23.6 Å². The van der Waals surface area contributed by atoms with Gasteiger partial charge >= 0.3 is 7.82 Å². The zero-order chi connectivity index (χ0) is 11.2. The summed E-state index contributed by atoms with van der Waals surface area (Å²) in [6, 6.07) is 0. The van der Waals surface area contributed by atoms with Crippen molar-refractivity contribution in [2.45, 2.75) is 18.3 Å². The highest BCUT2D eigenvalue weighted by Gasteiger charge is 2.32. The Kier molecular flexibility index (Phi) is 6.72. The molecule has 2 atom stereocenters. The van der Waals surface area contributed by atoms with Crippen LogP contribution in [0.2, 0.25) is 0 Å². The van der Waals surface area contributed by atoms with E-state index < -0.39 is 19.4 Å². The summed E-state index contributed by atoms with van der Waals surface area (Å²) >= 11 is 7.73. The summed E-state index contributed by atoms with van der Waals surface area (Å²) in [6.45, 7) is 0.949. The normalized spacial score (nSPS) is 20.1. The van der Waals surface area contributed by atoms with Gasteiger partial charge in [0.2, 0.25) is 0 Å². The molecular weight excluding hydrogens is 247 g/mol. The number of hydrogen-bond donors (Lipinski definition) is 4. The Balaban J connectivity index is 4.00. The maximum absolute atomic E-state index is 11.2. The SMILES string of the molecule is CC(S)(CO)OP(=O)(O)OCCCS. The van der Waals surface area contributed by atoms with Crippen LogP contribution in [0.5, 0.6) is 0 Å². The van der Waals surface area contributed by atoms with Crippen molar-refractivity contribution in [1.82, 2.24) is 0 Å². The molecular formula is C6H15O5PS2. The van der Waals surface area contributed by atoms with Crippen LogP contribution in [0.4, 0.5) is 0 Å². The molecule has 0 aliphatic carbocycles. The Bertz CT molecular complexity index is 210. The summed E-state index contributed by atoms with van der Waals surface area (Å²) < 4.78 is 20.4. The van der Waals surface area contributed by atoms with Crippen molar-refractivity contribution in [2.24, 2.45) is 0 Å². The molecule has 0 fully saturated rings. The van der Waals surface area contributed by atoms with Crippen LogP contribution in [-0.4, -0.2) is 33.9 Å². The quantitative estimate of drug-likeness (QED) is 0.239. The zero-order valence-electron chi connectivity index (χ0n) is 7.79. The summed E-state index contributed by atoms with van der Waals surface area (Å²) in [5, 5.41) is 8.73. The highest BCUT2D eigenvalue weighted by Crippen LogP contribution is 2.48. The predicted molar refractivity (Wildman–Crippen MR) is 59.8 cm³/mol. The minimum Gasteiger partial charge on any atom is -0.392 e. The molecule has 0 rings (SSSR count). The standard InChI is InChI=1S/C6H15O5PS2/c1-6(14,5-7)11-12(8,9)10-3-2-4-13/h7,13-14H,2-5H2,1H3,(H,8,9). The lowest BCUT2D eigenvalue weighted by Gasteiger charge is -2.23. The van der Waals surface area contributed by atoms with Gasteiger partial charge in [-0.25, -0.2) is 4.57 Å². The summed E-state index contributed by atoms with van der Waals surface area (Å²) in [7, 11) is -4.13. The van der Waals surface area contributed by atoms with Gasteiger partial charge in [0.05, 0.1) is 13.2 Å². The van der Waals surface area contributed by atoms with Gasteiger partial charge in [0, 0.05) is 0 Å². The van der Waals surface area contributed by atoms with Gasteiger partial charge in [-0.2, -0.15) is 12.6 Å². The fraction of sp³-hybridized carbons (Fsp3) is 1.00. The van der Waals surface area contributed by atoms with E-state index in [-0.39, 0.29) is 6.61 Å². The molecule has 0 aromatic heterocycles. The number of aliphatic hydroxyl groups is 1. The second kappa shape index (κ2) is 6.37. The highest BCUT2D eigenvalue weighted by atomic mass is 32.1. The molecule has 0 aliphatic rings. The Hall–Kier alpha value is 0.770. The number of aliphatic hydroxyl groups excluding tert-OH is 1. The maximum atomic E-state index is 11.2. The lowest BCUT2D eigenvalue weighted by molar-refractivity contribution is 0.0552. The van der Waals surface area contributed by atoms with E-state index in [9.17, 15) is 4.57 Å². The van der Waals surface area contributed by atoms with Crippen molar-refractivity contribution in [3.05, 3.63) is 0 Å². The van der Waals surface area contributed by atoms with Gasteiger partial charge in [0.15, 0.2) is 0 Å². The third-order valence-electron chi connectivity index (χ3n) is 1.16. The van der Waals surface area contributed by atoms with Gasteiger partial charge in [-0.15, -0.1) is 12.6 Å². The Morgan fingerprint density at radius 3 is 2.57 bits per heavy atom. The highest BCUT2D eigenvalue weighted by molar-refractivity contribution is 7.81. The molecule has 0 aromatic rings. The number of phosphoric ester groups is 1. The van der Waals surface area contributed by atoms with E-state index in [1.807, 2.05) is 0 Å². The second-order valence-electron chi connectivity index (χ2n) is 2.80. The van der Waals surface area contributed by atoms with Crippen molar-refractivity contribution in [3.8, 4) is 0 Å². The summed E-state index contributed by atoms with van der Waals surface area (Å²) in [5.41, 5.74) is 0. The molecule has 0 aromatic carbocycles. The van der Waals surface area contributed by atoms with Crippen LogP contribution in [-0.2, 0) is 13.6 Å². The third kappa shape index (κ3) is 7.11. The first kappa shape index (κ1) is 14.8. The van der Waals surface area contributed by atoms with Crippen LogP contribution in [0.3, 0.4) is 0 Å². The van der Waals surface area contributed by atoms with Gasteiger partial charge in [-0.05, 0) is 19.1 Å². The predicted octanol–water partition coefficient (Wildman–Crippen LogP) is 1.08. The van der Waals surface area contributed by atoms with E-state index in [1.165, 1.54) is 6.92 Å². The van der Waals surface area contributed by atoms with Crippen molar-refractivity contribution in [2.75, 3.05) is 19.0 Å². The molecule has 0 spiro atoms. The van der Waals surface area contributed by atoms with E-state index in [4.69, 9.17) is 10.00 Å². The van der Waals surface area contributed by atoms with Crippen LogP contribution in [0.15, 0.2) is 0 Å². The molecule has 86 valence electrons. The second-order valence-corrected chi connectivity index (χ2v) is 5.57. The van der Waals surface area contributed by atoms with Gasteiger partial charge < -0.3 is 10.00 Å². The maximum Gasteiger partial charge on any atom is 0.473 e. The van der Waals surface area contributed by atoms with Crippen LogP contribution in [0.25, 0.3) is 0 Å². The molecule has 0 amide bonds. The number of hydrogen-bond acceptors (Lipinski definition) is 6. The molecule has 8 heteroatoms. The molecule has 2 N–H and O–H groups in total. The van der Waals surface area contributed by atoms with Crippen LogP contribution < -0.4 is 0 Å². The zero-order valence-corrected chi connectivity index (χ0v) is 10.5. The van der Waals surface area contributed by atoms with E-state index in [1.54, 1.807) is 0 Å². The Morgan fingerprint density at radius 2 is 2.14 bits per heavy atom. The molecule has 0 bridgehead atoms. The van der Waals surface area contributed by atoms with Crippen molar-refractivity contribution in [1.29, 1.82) is 0 Å². The lowest BCUT2D eigenvalue weighted by Crippen LogP contribution is -2.25. The minimum absolute atomic E-state index is 0.0760. The summed E-state index contributed by atoms with van der Waals surface area (Å²) in [4.78, 5) is 7.75. The Labute approximate surface area is 94.2 Å². The summed E-state index contributed by atoms with van der Waals surface area (Å²) in [6.07, 6.45) is 0.541. The largest absolute Gasteiger partial charge is 0.473 e. The molecule has 5 nitrogen and oxygen atoms in total. The number of thiol groups is 2. The van der Waals surface area contributed by atoms with E-state index in [0.717, 1.165) is 0 Å². The minimum atomic E-state index is -4.13. The van der Waals surface area contributed by atoms with Crippen LogP contribution in [0, 0.1) is 0 Å². The summed E-state index contributed by atoms with van der Waals surface area (Å²) in [5.74, 6) is 0.554. The van der Waals surface area contributed by atoms with Crippen molar-refractivity contribution >= 4 is 33.1 Å². The monoisotopic (exact) mass is 262 g/mol. The van der Waals surface area contributed by atoms with E-state index >= 15 is 0 Å². The van der Waals surface area contributed by atoms with Gasteiger partial charge in [-0.1, -0.05) is 0 Å². The third-order valence-corrected chi connectivity index (χ3v) is 3.00. The average molecular weight is 262 g/mol. The fourth-order valence-electron chi connectivity index (χ4n) is 0.548. The first-order valence-electron chi connectivity index (χ1n) is 3.95. The molecule has 0 radical (unpaired) electrons. The fourth-order valence-corrected chi connectivity index (χ4v) is 1.95. The van der Waals surface area contributed by atoms with Crippen LogP contribution >= 0.6 is 33.1 Å². The van der Waals surface area contributed by atoms with Gasteiger partial charge in [0.25, 0.3) is 0 Å². The Morgan fingerprint density at radius 1 is 1.57 bits per heavy atom. The van der Waals surface area contributed by atoms with Gasteiger partial charge in [0.1, 0.15) is 4.93 Å². The number of rotatable bonds is 7. The van der Waals surface area contributed by atoms with Crippen molar-refractivity contribution in [3.63, 3.8) is 0 Å². The number of phosphoric acid groups is 1. The lowest BCUT2D eigenvalue weighted by atomic mass is 10.4. The molecule has 2 unspecified atom stereocenters. The smallest absolute Gasteiger partial charge is 0.392 e. The molecule has 14 heavy (non-hydrogen) atoms. The molecule has 0 saturated carbocycles. The average Bonchev–Trinajstić information content (AvgIpc) is 2.03. The van der Waals surface area contributed by atoms with E-state index in [2.05, 4.69) is 34.3 Å².